The van der Waals surface area contributed by atoms with Crippen LogP contribution in [0, 0.1) is 6.92 Å². The van der Waals surface area contributed by atoms with Gasteiger partial charge >= 0.3 is 6.18 Å². The minimum atomic E-state index is -4.89. The summed E-state index contributed by atoms with van der Waals surface area (Å²) in [7, 11) is 1.24. The van der Waals surface area contributed by atoms with Crippen LogP contribution in [-0.2, 0) is 21.8 Å². The number of anilines is 1. The summed E-state index contributed by atoms with van der Waals surface area (Å²) in [5.74, 6) is -1.51. The lowest BCUT2D eigenvalue weighted by molar-refractivity contribution is -0.275. The Hall–Kier alpha value is -3.36. The number of oxime groups is 1. The smallest absolute Gasteiger partial charge is 0.377 e. The van der Waals surface area contributed by atoms with E-state index in [1.807, 2.05) is 0 Å². The van der Waals surface area contributed by atoms with Crippen molar-refractivity contribution in [3.05, 3.63) is 74.5 Å². The number of alkyl halides is 6. The van der Waals surface area contributed by atoms with E-state index in [-0.39, 0.29) is 44.9 Å². The molecule has 1 amide bonds. The van der Waals surface area contributed by atoms with Crippen LogP contribution in [0.3, 0.4) is 0 Å². The number of nitrogens with zero attached hydrogens (tertiary/aromatic N) is 4. The number of methoxy groups -OCH3 is 1. The number of benzene rings is 2. The first-order valence-electron chi connectivity index (χ1n) is 11.3. The molecule has 0 spiro atoms. The van der Waals surface area contributed by atoms with Crippen LogP contribution >= 0.6 is 23.2 Å². The Labute approximate surface area is 232 Å². The van der Waals surface area contributed by atoms with Crippen LogP contribution in [0.1, 0.15) is 45.6 Å². The van der Waals surface area contributed by atoms with E-state index in [0.717, 1.165) is 12.1 Å². The number of halogens is 8. The Morgan fingerprint density at radius 1 is 1.18 bits per heavy atom. The third kappa shape index (κ3) is 5.74. The molecule has 1 aliphatic heterocycles. The Morgan fingerprint density at radius 2 is 1.85 bits per heavy atom. The first-order chi connectivity index (χ1) is 18.8. The Kier molecular flexibility index (Phi) is 8.33. The van der Waals surface area contributed by atoms with E-state index in [2.05, 4.69) is 20.6 Å². The molecule has 3 aromatic rings. The molecule has 1 aromatic heterocycles. The Bertz CT molecular complexity index is 1440. The Balaban J connectivity index is 1.57. The van der Waals surface area contributed by atoms with Crippen LogP contribution < -0.4 is 5.32 Å². The van der Waals surface area contributed by atoms with Crippen molar-refractivity contribution in [2.24, 2.45) is 5.16 Å². The second kappa shape index (κ2) is 11.3. The number of rotatable bonds is 8. The lowest BCUT2D eigenvalue weighted by atomic mass is 9.86. The molecule has 2 atom stereocenters. The van der Waals surface area contributed by atoms with Crippen molar-refractivity contribution >= 4 is 40.8 Å². The van der Waals surface area contributed by atoms with E-state index in [4.69, 9.17) is 32.8 Å². The number of amides is 1. The van der Waals surface area contributed by atoms with Gasteiger partial charge in [0.25, 0.3) is 24.2 Å². The van der Waals surface area contributed by atoms with Crippen LogP contribution in [0.25, 0.3) is 0 Å². The highest BCUT2D eigenvalue weighted by molar-refractivity contribution is 6.34. The second-order valence-corrected chi connectivity index (χ2v) is 9.58. The zero-order valence-corrected chi connectivity index (χ0v) is 22.1. The van der Waals surface area contributed by atoms with Gasteiger partial charge < -0.3 is 9.57 Å². The van der Waals surface area contributed by atoms with Crippen molar-refractivity contribution in [3.8, 4) is 0 Å². The van der Waals surface area contributed by atoms with Gasteiger partial charge in [0, 0.05) is 34.7 Å². The minimum Gasteiger partial charge on any atom is -0.377 e. The van der Waals surface area contributed by atoms with E-state index >= 15 is 0 Å². The maximum atomic E-state index is 14.3. The van der Waals surface area contributed by atoms with Crippen molar-refractivity contribution in [2.45, 2.75) is 44.4 Å². The molecular weight excluding hydrogens is 591 g/mol. The zero-order valence-electron chi connectivity index (χ0n) is 20.6. The summed E-state index contributed by atoms with van der Waals surface area (Å²) in [6.45, 7) is 1.16. The van der Waals surface area contributed by atoms with Gasteiger partial charge in [-0.3, -0.25) is 10.1 Å². The van der Waals surface area contributed by atoms with Crippen molar-refractivity contribution in [1.82, 2.24) is 14.8 Å². The molecule has 1 N–H and O–H groups in total. The van der Waals surface area contributed by atoms with E-state index < -0.39 is 42.8 Å². The predicted molar refractivity (Wildman–Crippen MR) is 132 cm³/mol. The van der Waals surface area contributed by atoms with Gasteiger partial charge in [-0.05, 0) is 48.4 Å². The average molecular weight is 610 g/mol. The number of carbonyl (C=O) groups excluding carboxylic acids is 1. The molecule has 8 nitrogen and oxygen atoms in total. The van der Waals surface area contributed by atoms with Gasteiger partial charge in [0.1, 0.15) is 6.61 Å². The third-order valence-corrected chi connectivity index (χ3v) is 6.40. The van der Waals surface area contributed by atoms with Gasteiger partial charge in [0.05, 0.1) is 5.71 Å². The van der Waals surface area contributed by atoms with Crippen molar-refractivity contribution in [3.63, 3.8) is 0 Å². The molecule has 0 saturated heterocycles. The molecule has 16 heteroatoms. The van der Waals surface area contributed by atoms with Gasteiger partial charge in [-0.2, -0.15) is 18.2 Å². The number of nitrogens with one attached hydrogen (secondary N) is 1. The normalized spacial score (nSPS) is 18.0. The van der Waals surface area contributed by atoms with Gasteiger partial charge in [-0.1, -0.05) is 34.4 Å². The maximum Gasteiger partial charge on any atom is 0.435 e. The fourth-order valence-electron chi connectivity index (χ4n) is 4.05. The summed E-state index contributed by atoms with van der Waals surface area (Å²) >= 11 is 11.8. The monoisotopic (exact) mass is 609 g/mol. The highest BCUT2D eigenvalue weighted by atomic mass is 35.5. The van der Waals surface area contributed by atoms with Gasteiger partial charge in [0.15, 0.2) is 5.82 Å². The molecule has 0 aliphatic carbocycles. The number of hydrogen-bond acceptors (Lipinski definition) is 6. The molecule has 40 heavy (non-hydrogen) atoms. The molecule has 214 valence electrons. The topological polar surface area (TPSA) is 90.6 Å². The van der Waals surface area contributed by atoms with E-state index in [1.54, 1.807) is 0 Å². The highest BCUT2D eigenvalue weighted by Crippen LogP contribution is 2.49. The molecular formula is C24H19Cl2F6N5O3. The molecule has 1 aliphatic rings. The second-order valence-electron chi connectivity index (χ2n) is 8.71. The molecule has 0 radical (unpaired) electrons. The first kappa shape index (κ1) is 29.6. The fourth-order valence-corrected chi connectivity index (χ4v) is 4.58. The van der Waals surface area contributed by atoms with E-state index in [1.165, 1.54) is 38.3 Å². The molecule has 4 rings (SSSR count). The SMILES string of the molecule is COCc1nc(NC(=O)c2ccc(C3=NOC(c4cc(Cl)cc(Cl)c4)(C(F)(F)F)C3)cc2C)nn1C(F)C(F)F. The average Bonchev–Trinajstić information content (AvgIpc) is 3.48. The summed E-state index contributed by atoms with van der Waals surface area (Å²) in [5, 5.41) is 9.53. The number of ether oxygens (including phenoxy) is 1. The quantitative estimate of drug-likeness (QED) is 0.290. The largest absolute Gasteiger partial charge is 0.435 e. The molecule has 2 aromatic carbocycles. The molecule has 2 unspecified atom stereocenters. The summed E-state index contributed by atoms with van der Waals surface area (Å²) in [6.07, 6.45) is -11.8. The predicted octanol–water partition coefficient (Wildman–Crippen LogP) is 6.61. The first-order valence-corrected chi connectivity index (χ1v) is 12.1. The van der Waals surface area contributed by atoms with Crippen molar-refractivity contribution < 1.29 is 40.7 Å². The van der Waals surface area contributed by atoms with E-state index in [0.29, 0.717) is 10.2 Å². The molecule has 0 bridgehead atoms. The standard InChI is InChI=1S/C24H19Cl2F6N5O3/c1-11-5-12(17-9-23(40-36-17,24(30,31)32)13-6-14(25)8-15(26)7-13)3-4-16(11)21(38)34-22-33-18(10-39-2)37(35-22)20(29)19(27)28/h3-8,19-20H,9-10H2,1-2H3,(H,34,35,38). The fraction of sp³-hybridized carbons (Fsp3) is 0.333. The van der Waals surface area contributed by atoms with Crippen molar-refractivity contribution in [2.75, 3.05) is 12.4 Å². The van der Waals surface area contributed by atoms with Crippen LogP contribution in [0.5, 0.6) is 0 Å². The minimum absolute atomic E-state index is 0.0145. The lowest BCUT2D eigenvalue weighted by Crippen LogP contribution is -2.42. The summed E-state index contributed by atoms with van der Waals surface area (Å²) < 4.78 is 87.5. The third-order valence-electron chi connectivity index (χ3n) is 5.96. The number of hydrogen-bond donors (Lipinski definition) is 1. The van der Waals surface area contributed by atoms with Crippen LogP contribution in [0.15, 0.2) is 41.6 Å². The molecule has 2 heterocycles. The summed E-state index contributed by atoms with van der Waals surface area (Å²) in [5.41, 5.74) is -2.59. The highest BCUT2D eigenvalue weighted by Gasteiger charge is 2.62. The van der Waals surface area contributed by atoms with Gasteiger partial charge in [0.2, 0.25) is 5.95 Å². The van der Waals surface area contributed by atoms with Gasteiger partial charge in [-0.25, -0.2) is 17.9 Å². The Morgan fingerprint density at radius 3 is 2.42 bits per heavy atom. The van der Waals surface area contributed by atoms with Crippen LogP contribution in [-0.4, -0.2) is 46.1 Å². The number of aryl methyl sites for hydroxylation is 1. The lowest BCUT2D eigenvalue weighted by Gasteiger charge is -2.29. The summed E-state index contributed by atoms with van der Waals surface area (Å²) in [6, 6.07) is 7.57. The summed E-state index contributed by atoms with van der Waals surface area (Å²) in [4.78, 5) is 21.6. The van der Waals surface area contributed by atoms with Crippen molar-refractivity contribution in [1.29, 1.82) is 0 Å². The maximum absolute atomic E-state index is 14.3. The number of aromatic nitrogens is 3. The molecule has 0 saturated carbocycles. The molecule has 0 fully saturated rings. The number of carbonyl (C=O) groups is 1. The van der Waals surface area contributed by atoms with Crippen LogP contribution in [0.4, 0.5) is 32.3 Å². The zero-order chi connectivity index (χ0) is 29.4. The van der Waals surface area contributed by atoms with E-state index in [9.17, 15) is 31.1 Å². The van der Waals surface area contributed by atoms with Gasteiger partial charge in [-0.15, -0.1) is 5.10 Å². The van der Waals surface area contributed by atoms with Crippen LogP contribution in [0.2, 0.25) is 10.0 Å².